The van der Waals surface area contributed by atoms with E-state index in [0.717, 1.165) is 49.2 Å². The lowest BCUT2D eigenvalue weighted by Crippen LogP contribution is -2.30. The standard InChI is InChI=1S/C19H20BrN3/c20-18-6-2-17(3-7-18)15-22-10-1-11-23(13-12-22)19-8-4-16(14-21)5-9-19/h2-9H,1,10-13,15H2. The lowest BCUT2D eigenvalue weighted by atomic mass is 10.2. The van der Waals surface area contributed by atoms with Gasteiger partial charge in [0.2, 0.25) is 0 Å². The summed E-state index contributed by atoms with van der Waals surface area (Å²) in [6, 6.07) is 18.7. The Labute approximate surface area is 146 Å². The highest BCUT2D eigenvalue weighted by atomic mass is 79.9. The van der Waals surface area contributed by atoms with Crippen molar-refractivity contribution in [3.63, 3.8) is 0 Å². The largest absolute Gasteiger partial charge is 0.370 e. The zero-order valence-electron chi connectivity index (χ0n) is 13.1. The highest BCUT2D eigenvalue weighted by Gasteiger charge is 2.15. The smallest absolute Gasteiger partial charge is 0.0991 e. The average Bonchev–Trinajstić information content (AvgIpc) is 2.83. The van der Waals surface area contributed by atoms with E-state index in [1.54, 1.807) is 0 Å². The number of nitriles is 1. The van der Waals surface area contributed by atoms with E-state index in [2.05, 4.69) is 68.2 Å². The molecule has 0 aliphatic carbocycles. The van der Waals surface area contributed by atoms with Crippen molar-refractivity contribution >= 4 is 21.6 Å². The molecule has 0 aromatic heterocycles. The van der Waals surface area contributed by atoms with Crippen LogP contribution in [0, 0.1) is 11.3 Å². The van der Waals surface area contributed by atoms with E-state index in [1.165, 1.54) is 11.3 Å². The molecule has 1 fully saturated rings. The highest BCUT2D eigenvalue weighted by Crippen LogP contribution is 2.18. The van der Waals surface area contributed by atoms with Crippen LogP contribution >= 0.6 is 15.9 Å². The van der Waals surface area contributed by atoms with Gasteiger partial charge in [-0.25, -0.2) is 0 Å². The zero-order valence-corrected chi connectivity index (χ0v) is 14.7. The zero-order chi connectivity index (χ0) is 16.1. The molecule has 0 bridgehead atoms. The Morgan fingerprint density at radius 3 is 2.35 bits per heavy atom. The van der Waals surface area contributed by atoms with Gasteiger partial charge >= 0.3 is 0 Å². The maximum absolute atomic E-state index is 8.90. The van der Waals surface area contributed by atoms with Crippen LogP contribution in [-0.2, 0) is 6.54 Å². The van der Waals surface area contributed by atoms with Gasteiger partial charge < -0.3 is 4.90 Å². The molecule has 3 rings (SSSR count). The topological polar surface area (TPSA) is 30.3 Å². The fourth-order valence-corrected chi connectivity index (χ4v) is 3.25. The number of benzene rings is 2. The van der Waals surface area contributed by atoms with Crippen LogP contribution in [0.15, 0.2) is 53.0 Å². The maximum Gasteiger partial charge on any atom is 0.0991 e. The van der Waals surface area contributed by atoms with Crippen LogP contribution in [0.1, 0.15) is 17.5 Å². The maximum atomic E-state index is 8.90. The van der Waals surface area contributed by atoms with Gasteiger partial charge in [-0.3, -0.25) is 4.90 Å². The highest BCUT2D eigenvalue weighted by molar-refractivity contribution is 9.10. The van der Waals surface area contributed by atoms with Crippen molar-refractivity contribution in [3.8, 4) is 6.07 Å². The molecule has 2 aromatic carbocycles. The Kier molecular flexibility index (Phi) is 5.32. The van der Waals surface area contributed by atoms with Gasteiger partial charge in [0.15, 0.2) is 0 Å². The summed E-state index contributed by atoms with van der Waals surface area (Å²) in [4.78, 5) is 4.94. The number of rotatable bonds is 3. The molecule has 4 heteroatoms. The van der Waals surface area contributed by atoms with Gasteiger partial charge in [0.05, 0.1) is 11.6 Å². The van der Waals surface area contributed by atoms with E-state index in [-0.39, 0.29) is 0 Å². The van der Waals surface area contributed by atoms with Crippen LogP contribution in [-0.4, -0.2) is 31.1 Å². The van der Waals surface area contributed by atoms with Gasteiger partial charge in [-0.05, 0) is 48.4 Å². The summed E-state index contributed by atoms with van der Waals surface area (Å²) in [6.07, 6.45) is 1.16. The summed E-state index contributed by atoms with van der Waals surface area (Å²) in [5, 5.41) is 8.90. The predicted molar refractivity (Wildman–Crippen MR) is 97.4 cm³/mol. The summed E-state index contributed by atoms with van der Waals surface area (Å²) in [6.45, 7) is 5.30. The first-order valence-corrected chi connectivity index (χ1v) is 8.76. The fraction of sp³-hybridized carbons (Fsp3) is 0.316. The first-order chi connectivity index (χ1) is 11.2. The van der Waals surface area contributed by atoms with Gasteiger partial charge in [0.1, 0.15) is 0 Å². The molecule has 2 aromatic rings. The second-order valence-electron chi connectivity index (χ2n) is 5.90. The van der Waals surface area contributed by atoms with Crippen LogP contribution in [0.2, 0.25) is 0 Å². The van der Waals surface area contributed by atoms with Crippen LogP contribution in [0.4, 0.5) is 5.69 Å². The predicted octanol–water partition coefficient (Wildman–Crippen LogP) is 4.03. The molecular weight excluding hydrogens is 350 g/mol. The van der Waals surface area contributed by atoms with E-state index in [1.807, 2.05) is 12.1 Å². The molecule has 0 amide bonds. The molecule has 1 aliphatic rings. The van der Waals surface area contributed by atoms with Gasteiger partial charge in [-0.1, -0.05) is 28.1 Å². The van der Waals surface area contributed by atoms with Crippen molar-refractivity contribution in [1.29, 1.82) is 5.26 Å². The second-order valence-corrected chi connectivity index (χ2v) is 6.82. The molecule has 23 heavy (non-hydrogen) atoms. The average molecular weight is 370 g/mol. The van der Waals surface area contributed by atoms with E-state index >= 15 is 0 Å². The lowest BCUT2D eigenvalue weighted by Gasteiger charge is -2.23. The van der Waals surface area contributed by atoms with Crippen molar-refractivity contribution in [1.82, 2.24) is 4.90 Å². The summed E-state index contributed by atoms with van der Waals surface area (Å²) in [7, 11) is 0. The first kappa shape index (κ1) is 16.0. The Morgan fingerprint density at radius 2 is 1.65 bits per heavy atom. The normalized spacial score (nSPS) is 15.9. The van der Waals surface area contributed by atoms with Crippen molar-refractivity contribution < 1.29 is 0 Å². The van der Waals surface area contributed by atoms with Crippen LogP contribution in [0.25, 0.3) is 0 Å². The Bertz CT molecular complexity index is 673. The van der Waals surface area contributed by atoms with Crippen LogP contribution in [0.5, 0.6) is 0 Å². The SMILES string of the molecule is N#Cc1ccc(N2CCCN(Cc3ccc(Br)cc3)CC2)cc1. The molecule has 1 heterocycles. The molecule has 0 N–H and O–H groups in total. The lowest BCUT2D eigenvalue weighted by molar-refractivity contribution is 0.285. The molecule has 118 valence electrons. The number of halogens is 1. The molecule has 1 saturated heterocycles. The molecule has 0 radical (unpaired) electrons. The summed E-state index contributed by atoms with van der Waals surface area (Å²) in [5.41, 5.74) is 3.30. The van der Waals surface area contributed by atoms with E-state index in [9.17, 15) is 0 Å². The number of nitrogens with zero attached hydrogens (tertiary/aromatic N) is 3. The third-order valence-electron chi connectivity index (χ3n) is 4.27. The minimum absolute atomic E-state index is 0.723. The Hall–Kier alpha value is -1.83. The summed E-state index contributed by atoms with van der Waals surface area (Å²) >= 11 is 3.49. The van der Waals surface area contributed by atoms with Gasteiger partial charge in [0, 0.05) is 42.9 Å². The molecule has 0 unspecified atom stereocenters. The van der Waals surface area contributed by atoms with Crippen LogP contribution < -0.4 is 4.90 Å². The van der Waals surface area contributed by atoms with Crippen molar-refractivity contribution in [3.05, 3.63) is 64.1 Å². The van der Waals surface area contributed by atoms with E-state index in [0.29, 0.717) is 0 Å². The second kappa shape index (κ2) is 7.63. The third-order valence-corrected chi connectivity index (χ3v) is 4.80. The third kappa shape index (κ3) is 4.34. The number of hydrogen-bond donors (Lipinski definition) is 0. The van der Waals surface area contributed by atoms with Gasteiger partial charge in [-0.2, -0.15) is 5.26 Å². The van der Waals surface area contributed by atoms with Crippen molar-refractivity contribution in [2.24, 2.45) is 0 Å². The summed E-state index contributed by atoms with van der Waals surface area (Å²) < 4.78 is 1.13. The fourth-order valence-electron chi connectivity index (χ4n) is 2.98. The minimum Gasteiger partial charge on any atom is -0.370 e. The minimum atomic E-state index is 0.723. The Balaban J connectivity index is 1.60. The molecular formula is C19H20BrN3. The van der Waals surface area contributed by atoms with Crippen molar-refractivity contribution in [2.75, 3.05) is 31.1 Å². The molecule has 1 aliphatic heterocycles. The van der Waals surface area contributed by atoms with Crippen molar-refractivity contribution in [2.45, 2.75) is 13.0 Å². The molecule has 0 spiro atoms. The number of anilines is 1. The van der Waals surface area contributed by atoms with E-state index in [4.69, 9.17) is 5.26 Å². The molecule has 3 nitrogen and oxygen atoms in total. The first-order valence-electron chi connectivity index (χ1n) is 7.96. The van der Waals surface area contributed by atoms with Gasteiger partial charge in [-0.15, -0.1) is 0 Å². The molecule has 0 atom stereocenters. The Morgan fingerprint density at radius 1 is 0.913 bits per heavy atom. The summed E-state index contributed by atoms with van der Waals surface area (Å²) in [5.74, 6) is 0. The van der Waals surface area contributed by atoms with Crippen LogP contribution in [0.3, 0.4) is 0 Å². The number of hydrogen-bond acceptors (Lipinski definition) is 3. The van der Waals surface area contributed by atoms with Gasteiger partial charge in [0.25, 0.3) is 0 Å². The monoisotopic (exact) mass is 369 g/mol. The van der Waals surface area contributed by atoms with E-state index < -0.39 is 0 Å². The molecule has 0 saturated carbocycles. The quantitative estimate of drug-likeness (QED) is 0.817.